The van der Waals surface area contributed by atoms with Gasteiger partial charge in [0.25, 0.3) is 0 Å². The number of hydrogen-bond donors (Lipinski definition) is 1. The van der Waals surface area contributed by atoms with Gasteiger partial charge in [0.1, 0.15) is 12.2 Å². The van der Waals surface area contributed by atoms with Crippen molar-refractivity contribution in [1.82, 2.24) is 9.78 Å². The number of carbonyl (C=O) groups is 2. The van der Waals surface area contributed by atoms with Crippen LogP contribution in [0.5, 0.6) is 0 Å². The topological polar surface area (TPSA) is 81.4 Å². The summed E-state index contributed by atoms with van der Waals surface area (Å²) < 4.78 is 7.55. The number of nitrogens with zero attached hydrogens (tertiary/aromatic N) is 2. The van der Waals surface area contributed by atoms with Gasteiger partial charge in [0.05, 0.1) is 18.7 Å². The number of rotatable bonds is 7. The van der Waals surface area contributed by atoms with Crippen LogP contribution in [0.2, 0.25) is 0 Å². The molecule has 0 saturated carbocycles. The van der Waals surface area contributed by atoms with E-state index in [4.69, 9.17) is 9.84 Å². The minimum Gasteiger partial charge on any atom is -0.480 e. The maximum absolute atomic E-state index is 11.8. The zero-order valence-corrected chi connectivity index (χ0v) is 13.6. The third-order valence-electron chi connectivity index (χ3n) is 3.00. The standard InChI is InChI=1S/C15H15BrN2O4/c1-3-4-22-8-10-5-11(16)6-12-14(9(2)19)17-18(15(10)12)7-13(20)21/h3,5-6H,1,4,7-8H2,2H3,(H,20,21). The summed E-state index contributed by atoms with van der Waals surface area (Å²) in [4.78, 5) is 22.8. The van der Waals surface area contributed by atoms with Crippen LogP contribution in [0.1, 0.15) is 23.0 Å². The minimum atomic E-state index is -1.03. The van der Waals surface area contributed by atoms with E-state index in [0.29, 0.717) is 17.5 Å². The highest BCUT2D eigenvalue weighted by molar-refractivity contribution is 9.10. The molecule has 0 unspecified atom stereocenters. The van der Waals surface area contributed by atoms with Crippen LogP contribution in [0.15, 0.2) is 29.3 Å². The van der Waals surface area contributed by atoms with Crippen LogP contribution in [0.3, 0.4) is 0 Å². The Labute approximate surface area is 135 Å². The van der Waals surface area contributed by atoms with Crippen LogP contribution < -0.4 is 0 Å². The van der Waals surface area contributed by atoms with Gasteiger partial charge in [0.15, 0.2) is 5.78 Å². The molecule has 0 aliphatic heterocycles. The molecule has 0 aliphatic rings. The molecule has 0 fully saturated rings. The fourth-order valence-electron chi connectivity index (χ4n) is 2.23. The summed E-state index contributed by atoms with van der Waals surface area (Å²) in [6, 6.07) is 3.59. The molecular formula is C15H15BrN2O4. The maximum Gasteiger partial charge on any atom is 0.325 e. The normalized spacial score (nSPS) is 10.8. The molecule has 116 valence electrons. The summed E-state index contributed by atoms with van der Waals surface area (Å²) in [5.41, 5.74) is 1.61. The monoisotopic (exact) mass is 366 g/mol. The number of carboxylic acids is 1. The number of carbonyl (C=O) groups excluding carboxylic acids is 1. The van der Waals surface area contributed by atoms with Gasteiger partial charge in [-0.3, -0.25) is 14.3 Å². The number of halogens is 1. The van der Waals surface area contributed by atoms with Crippen LogP contribution in [0, 0.1) is 0 Å². The third-order valence-corrected chi connectivity index (χ3v) is 3.46. The van der Waals surface area contributed by atoms with Gasteiger partial charge in [-0.15, -0.1) is 6.58 Å². The molecule has 1 aromatic carbocycles. The number of ketones is 1. The number of fused-ring (bicyclic) bond motifs is 1. The van der Waals surface area contributed by atoms with E-state index in [-0.39, 0.29) is 24.6 Å². The van der Waals surface area contributed by atoms with Gasteiger partial charge < -0.3 is 9.84 Å². The van der Waals surface area contributed by atoms with Gasteiger partial charge in [-0.2, -0.15) is 5.10 Å². The summed E-state index contributed by atoms with van der Waals surface area (Å²) in [6.07, 6.45) is 1.63. The Morgan fingerprint density at radius 3 is 2.82 bits per heavy atom. The van der Waals surface area contributed by atoms with Gasteiger partial charge in [0.2, 0.25) is 0 Å². The lowest BCUT2D eigenvalue weighted by Crippen LogP contribution is -2.11. The molecule has 0 atom stereocenters. The summed E-state index contributed by atoms with van der Waals surface area (Å²) in [5, 5.41) is 13.8. The van der Waals surface area contributed by atoms with Gasteiger partial charge in [-0.05, 0) is 12.1 Å². The SMILES string of the molecule is C=CCOCc1cc(Br)cc2c(C(C)=O)nn(CC(=O)O)c12. The molecule has 0 amide bonds. The predicted molar refractivity (Wildman–Crippen MR) is 84.9 cm³/mol. The minimum absolute atomic E-state index is 0.217. The van der Waals surface area contributed by atoms with Crippen molar-refractivity contribution in [1.29, 1.82) is 0 Å². The number of aliphatic carboxylic acids is 1. The second kappa shape index (κ2) is 6.85. The molecule has 22 heavy (non-hydrogen) atoms. The molecule has 6 nitrogen and oxygen atoms in total. The van der Waals surface area contributed by atoms with E-state index < -0.39 is 5.97 Å². The molecule has 0 spiro atoms. The Bertz CT molecular complexity index is 752. The molecule has 1 N–H and O–H groups in total. The second-order valence-corrected chi connectivity index (χ2v) is 5.64. The highest BCUT2D eigenvalue weighted by Gasteiger charge is 2.19. The number of ether oxygens (including phenoxy) is 1. The predicted octanol–water partition coefficient (Wildman–Crippen LogP) is 2.79. The Morgan fingerprint density at radius 1 is 1.50 bits per heavy atom. The number of hydrogen-bond acceptors (Lipinski definition) is 4. The molecule has 1 heterocycles. The fourth-order valence-corrected chi connectivity index (χ4v) is 2.74. The van der Waals surface area contributed by atoms with Crippen molar-refractivity contribution < 1.29 is 19.4 Å². The Kier molecular flexibility index (Phi) is 5.10. The average molecular weight is 367 g/mol. The van der Waals surface area contributed by atoms with Crippen molar-refractivity contribution in [3.63, 3.8) is 0 Å². The lowest BCUT2D eigenvalue weighted by molar-refractivity contribution is -0.137. The number of aromatic nitrogens is 2. The zero-order chi connectivity index (χ0) is 16.3. The molecule has 2 aromatic rings. The lowest BCUT2D eigenvalue weighted by atomic mass is 10.1. The number of carboxylic acid groups (broad SMARTS) is 1. The van der Waals surface area contributed by atoms with Gasteiger partial charge >= 0.3 is 5.97 Å². The summed E-state index contributed by atoms with van der Waals surface area (Å²) in [6.45, 7) is 5.31. The smallest absolute Gasteiger partial charge is 0.325 e. The molecule has 0 bridgehead atoms. The molecule has 0 radical (unpaired) electrons. The molecule has 7 heteroatoms. The van der Waals surface area contributed by atoms with Gasteiger partial charge in [0, 0.05) is 22.3 Å². The average Bonchev–Trinajstić information content (AvgIpc) is 2.77. The van der Waals surface area contributed by atoms with Crippen molar-refractivity contribution in [3.05, 3.63) is 40.5 Å². The fraction of sp³-hybridized carbons (Fsp3) is 0.267. The first kappa shape index (κ1) is 16.4. The Morgan fingerprint density at radius 2 is 2.23 bits per heavy atom. The molecular weight excluding hydrogens is 352 g/mol. The first-order valence-corrected chi connectivity index (χ1v) is 7.33. The maximum atomic E-state index is 11.8. The van der Waals surface area contributed by atoms with Crippen molar-refractivity contribution in [2.45, 2.75) is 20.1 Å². The first-order chi connectivity index (χ1) is 10.4. The van der Waals surface area contributed by atoms with E-state index in [1.165, 1.54) is 11.6 Å². The Balaban J connectivity index is 2.64. The van der Waals surface area contributed by atoms with Crippen molar-refractivity contribution in [2.75, 3.05) is 6.61 Å². The quantitative estimate of drug-likeness (QED) is 0.462. The summed E-state index contributed by atoms with van der Waals surface area (Å²) >= 11 is 3.40. The highest BCUT2D eigenvalue weighted by atomic mass is 79.9. The molecule has 0 aliphatic carbocycles. The summed E-state index contributed by atoms with van der Waals surface area (Å²) in [7, 11) is 0. The number of benzene rings is 1. The van der Waals surface area contributed by atoms with E-state index in [1.807, 2.05) is 6.07 Å². The first-order valence-electron chi connectivity index (χ1n) is 6.54. The number of Topliss-reactive ketones (excluding diaryl/α,β-unsaturated/α-hetero) is 1. The molecule has 1 aromatic heterocycles. The van der Waals surface area contributed by atoms with E-state index >= 15 is 0 Å². The second-order valence-electron chi connectivity index (χ2n) is 4.72. The zero-order valence-electron chi connectivity index (χ0n) is 12.0. The van der Waals surface area contributed by atoms with E-state index in [1.54, 1.807) is 12.1 Å². The van der Waals surface area contributed by atoms with Gasteiger partial charge in [-0.1, -0.05) is 22.0 Å². The van der Waals surface area contributed by atoms with Gasteiger partial charge in [-0.25, -0.2) is 0 Å². The van der Waals surface area contributed by atoms with Crippen LogP contribution in [-0.2, 0) is 22.7 Å². The molecule has 0 saturated heterocycles. The van der Waals surface area contributed by atoms with Crippen molar-refractivity contribution in [3.8, 4) is 0 Å². The largest absolute Gasteiger partial charge is 0.480 e. The molecule has 2 rings (SSSR count). The van der Waals surface area contributed by atoms with Crippen LogP contribution in [0.4, 0.5) is 0 Å². The van der Waals surface area contributed by atoms with E-state index in [2.05, 4.69) is 27.6 Å². The lowest BCUT2D eigenvalue weighted by Gasteiger charge is -2.08. The van der Waals surface area contributed by atoms with E-state index in [9.17, 15) is 9.59 Å². The van der Waals surface area contributed by atoms with Crippen molar-refractivity contribution >= 4 is 38.6 Å². The van der Waals surface area contributed by atoms with Crippen LogP contribution in [0.25, 0.3) is 10.9 Å². The third kappa shape index (κ3) is 3.42. The highest BCUT2D eigenvalue weighted by Crippen LogP contribution is 2.28. The van der Waals surface area contributed by atoms with Crippen LogP contribution in [-0.4, -0.2) is 33.2 Å². The van der Waals surface area contributed by atoms with Crippen molar-refractivity contribution in [2.24, 2.45) is 0 Å². The Hall–Kier alpha value is -1.99. The summed E-state index contributed by atoms with van der Waals surface area (Å²) in [5.74, 6) is -1.24. The van der Waals surface area contributed by atoms with Crippen LogP contribution >= 0.6 is 15.9 Å². The van der Waals surface area contributed by atoms with E-state index in [0.717, 1.165) is 10.0 Å².